The van der Waals surface area contributed by atoms with Crippen LogP contribution in [0.1, 0.15) is 44.2 Å². The maximum atomic E-state index is 5.92. The van der Waals surface area contributed by atoms with E-state index in [-0.39, 0.29) is 0 Å². The van der Waals surface area contributed by atoms with Gasteiger partial charge in [0.25, 0.3) is 0 Å². The Morgan fingerprint density at radius 3 is 2.06 bits per heavy atom. The van der Waals surface area contributed by atoms with E-state index < -0.39 is 0 Å². The van der Waals surface area contributed by atoms with Crippen molar-refractivity contribution in [2.24, 2.45) is 11.8 Å². The zero-order valence-corrected chi connectivity index (χ0v) is 11.1. The molecule has 3 rings (SSSR count). The molecule has 1 aromatic carbocycles. The summed E-state index contributed by atoms with van der Waals surface area (Å²) in [4.78, 5) is 0. The average Bonchev–Trinajstić information content (AvgIpc) is 3.17. The molecule has 0 saturated heterocycles. The standard InChI is InChI=1S/C15H20ClN/c1-10(11-6-8-14(16)9-7-11)17-15(12-2-3-12)13-4-5-13/h6-10,12-13,15,17H,2-5H2,1H3. The van der Waals surface area contributed by atoms with Gasteiger partial charge in [-0.15, -0.1) is 0 Å². The van der Waals surface area contributed by atoms with E-state index in [1.165, 1.54) is 31.2 Å². The summed E-state index contributed by atoms with van der Waals surface area (Å²) in [5.74, 6) is 1.91. The predicted molar refractivity (Wildman–Crippen MR) is 72.2 cm³/mol. The lowest BCUT2D eigenvalue weighted by Crippen LogP contribution is -2.35. The van der Waals surface area contributed by atoms with Crippen molar-refractivity contribution in [1.29, 1.82) is 0 Å². The predicted octanol–water partition coefficient (Wildman–Crippen LogP) is 4.18. The van der Waals surface area contributed by atoms with Gasteiger partial charge in [-0.2, -0.15) is 0 Å². The van der Waals surface area contributed by atoms with Gasteiger partial charge in [0.1, 0.15) is 0 Å². The lowest BCUT2D eigenvalue weighted by Gasteiger charge is -2.23. The summed E-state index contributed by atoms with van der Waals surface area (Å²) in [6.45, 7) is 2.26. The van der Waals surface area contributed by atoms with Crippen molar-refractivity contribution < 1.29 is 0 Å². The lowest BCUT2D eigenvalue weighted by molar-refractivity contribution is 0.377. The number of halogens is 1. The minimum Gasteiger partial charge on any atom is -0.307 e. The fourth-order valence-electron chi connectivity index (χ4n) is 2.70. The average molecular weight is 250 g/mol. The second kappa shape index (κ2) is 4.62. The smallest absolute Gasteiger partial charge is 0.0406 e. The summed E-state index contributed by atoms with van der Waals surface area (Å²) in [6, 6.07) is 9.45. The van der Waals surface area contributed by atoms with E-state index in [2.05, 4.69) is 24.4 Å². The lowest BCUT2D eigenvalue weighted by atomic mass is 10.0. The highest BCUT2D eigenvalue weighted by Crippen LogP contribution is 2.45. The zero-order chi connectivity index (χ0) is 11.8. The minimum absolute atomic E-state index is 0.443. The van der Waals surface area contributed by atoms with Gasteiger partial charge in [-0.25, -0.2) is 0 Å². The summed E-state index contributed by atoms with van der Waals surface area (Å²) < 4.78 is 0. The van der Waals surface area contributed by atoms with Crippen LogP contribution in [0.25, 0.3) is 0 Å². The summed E-state index contributed by atoms with van der Waals surface area (Å²) in [7, 11) is 0. The monoisotopic (exact) mass is 249 g/mol. The normalized spacial score (nSPS) is 21.8. The molecule has 2 aliphatic carbocycles. The first-order chi connectivity index (χ1) is 8.24. The largest absolute Gasteiger partial charge is 0.307 e. The molecule has 1 atom stereocenters. The Morgan fingerprint density at radius 1 is 1.06 bits per heavy atom. The number of hydrogen-bond acceptors (Lipinski definition) is 1. The fourth-order valence-corrected chi connectivity index (χ4v) is 2.83. The Labute approximate surface area is 109 Å². The summed E-state index contributed by atoms with van der Waals surface area (Å²) in [5, 5.41) is 4.65. The SMILES string of the molecule is CC(NC(C1CC1)C1CC1)c1ccc(Cl)cc1. The molecule has 2 aliphatic rings. The van der Waals surface area contributed by atoms with Crippen molar-refractivity contribution in [3.05, 3.63) is 34.9 Å². The van der Waals surface area contributed by atoms with Crippen LogP contribution in [0.3, 0.4) is 0 Å². The van der Waals surface area contributed by atoms with Crippen LogP contribution >= 0.6 is 11.6 Å². The molecule has 2 saturated carbocycles. The van der Waals surface area contributed by atoms with Crippen molar-refractivity contribution in [2.45, 2.75) is 44.7 Å². The van der Waals surface area contributed by atoms with Gasteiger partial charge in [0.15, 0.2) is 0 Å². The molecule has 0 bridgehead atoms. The van der Waals surface area contributed by atoms with Gasteiger partial charge in [-0.3, -0.25) is 0 Å². The maximum Gasteiger partial charge on any atom is 0.0406 e. The quantitative estimate of drug-likeness (QED) is 0.826. The third-order valence-corrected chi connectivity index (χ3v) is 4.32. The van der Waals surface area contributed by atoms with Crippen LogP contribution in [0.2, 0.25) is 5.02 Å². The molecule has 1 N–H and O–H groups in total. The van der Waals surface area contributed by atoms with E-state index >= 15 is 0 Å². The van der Waals surface area contributed by atoms with E-state index in [1.54, 1.807) is 0 Å². The number of benzene rings is 1. The second-order valence-electron chi connectivity index (χ2n) is 5.64. The molecule has 1 nitrogen and oxygen atoms in total. The van der Waals surface area contributed by atoms with Crippen molar-refractivity contribution in [3.63, 3.8) is 0 Å². The Morgan fingerprint density at radius 2 is 1.59 bits per heavy atom. The molecule has 0 amide bonds. The minimum atomic E-state index is 0.443. The van der Waals surface area contributed by atoms with E-state index in [0.29, 0.717) is 6.04 Å². The third kappa shape index (κ3) is 2.83. The molecule has 2 heteroatoms. The van der Waals surface area contributed by atoms with Crippen LogP contribution in [0, 0.1) is 11.8 Å². The van der Waals surface area contributed by atoms with Crippen LogP contribution in [-0.2, 0) is 0 Å². The first kappa shape index (κ1) is 11.6. The molecular weight excluding hydrogens is 230 g/mol. The summed E-state index contributed by atoms with van der Waals surface area (Å²) in [5.41, 5.74) is 1.35. The number of hydrogen-bond donors (Lipinski definition) is 1. The third-order valence-electron chi connectivity index (χ3n) is 4.07. The molecule has 1 unspecified atom stereocenters. The van der Waals surface area contributed by atoms with Gasteiger partial charge in [-0.1, -0.05) is 23.7 Å². The van der Waals surface area contributed by atoms with Crippen LogP contribution in [0.4, 0.5) is 0 Å². The van der Waals surface area contributed by atoms with Crippen molar-refractivity contribution >= 4 is 11.6 Å². The topological polar surface area (TPSA) is 12.0 Å². The Hall–Kier alpha value is -0.530. The molecule has 0 spiro atoms. The molecule has 1 aromatic rings. The van der Waals surface area contributed by atoms with Crippen molar-refractivity contribution in [1.82, 2.24) is 5.32 Å². The number of rotatable bonds is 5. The maximum absolute atomic E-state index is 5.92. The zero-order valence-electron chi connectivity index (χ0n) is 10.3. The highest BCUT2D eigenvalue weighted by molar-refractivity contribution is 6.30. The Kier molecular flexibility index (Phi) is 3.14. The van der Waals surface area contributed by atoms with Gasteiger partial charge in [0.05, 0.1) is 0 Å². The Bertz CT molecular complexity index is 366. The second-order valence-corrected chi connectivity index (χ2v) is 6.08. The van der Waals surface area contributed by atoms with Crippen molar-refractivity contribution in [3.8, 4) is 0 Å². The molecule has 0 aromatic heterocycles. The molecule has 2 fully saturated rings. The Balaban J connectivity index is 1.64. The molecule has 0 radical (unpaired) electrons. The van der Waals surface area contributed by atoms with Gasteiger partial charge < -0.3 is 5.32 Å². The van der Waals surface area contributed by atoms with E-state index in [1.807, 2.05) is 12.1 Å². The van der Waals surface area contributed by atoms with Gasteiger partial charge in [0.2, 0.25) is 0 Å². The highest BCUT2D eigenvalue weighted by Gasteiger charge is 2.41. The van der Waals surface area contributed by atoms with Crippen molar-refractivity contribution in [2.75, 3.05) is 0 Å². The number of nitrogens with one attached hydrogen (secondary N) is 1. The molecule has 0 aliphatic heterocycles. The summed E-state index contributed by atoms with van der Waals surface area (Å²) >= 11 is 5.92. The highest BCUT2D eigenvalue weighted by atomic mass is 35.5. The van der Waals surface area contributed by atoms with Crippen LogP contribution in [0.15, 0.2) is 24.3 Å². The molecular formula is C15H20ClN. The van der Waals surface area contributed by atoms with Gasteiger partial charge >= 0.3 is 0 Å². The first-order valence-electron chi connectivity index (χ1n) is 6.75. The van der Waals surface area contributed by atoms with E-state index in [0.717, 1.165) is 22.9 Å². The molecule has 17 heavy (non-hydrogen) atoms. The molecule has 92 valence electrons. The first-order valence-corrected chi connectivity index (χ1v) is 7.13. The van der Waals surface area contributed by atoms with Crippen LogP contribution < -0.4 is 5.32 Å². The van der Waals surface area contributed by atoms with Crippen LogP contribution in [0.5, 0.6) is 0 Å². The van der Waals surface area contributed by atoms with Gasteiger partial charge in [-0.05, 0) is 62.1 Å². The van der Waals surface area contributed by atoms with E-state index in [4.69, 9.17) is 11.6 Å². The fraction of sp³-hybridized carbons (Fsp3) is 0.600. The molecule has 0 heterocycles. The van der Waals surface area contributed by atoms with Crippen LogP contribution in [-0.4, -0.2) is 6.04 Å². The van der Waals surface area contributed by atoms with E-state index in [9.17, 15) is 0 Å². The van der Waals surface area contributed by atoms with Gasteiger partial charge in [0, 0.05) is 17.1 Å². The summed E-state index contributed by atoms with van der Waals surface area (Å²) in [6.07, 6.45) is 5.73.